The molecule has 0 aliphatic carbocycles. The number of rotatable bonds is 10. The molecule has 8 nitrogen and oxygen atoms in total. The number of nitrogens with zero attached hydrogens (tertiary/aromatic N) is 3. The number of carbonyl (C=O) groups is 2. The van der Waals surface area contributed by atoms with Gasteiger partial charge in [-0.15, -0.1) is 0 Å². The molecular weight excluding hydrogens is 491 g/mol. The first-order chi connectivity index (χ1) is 16.9. The van der Waals surface area contributed by atoms with Gasteiger partial charge in [0.05, 0.1) is 11.6 Å². The van der Waals surface area contributed by atoms with E-state index in [0.717, 1.165) is 5.56 Å². The molecule has 2 aromatic carbocycles. The van der Waals surface area contributed by atoms with Gasteiger partial charge >= 0.3 is 0 Å². The van der Waals surface area contributed by atoms with Gasteiger partial charge in [-0.2, -0.15) is 5.10 Å². The number of aliphatic hydroxyl groups is 1. The molecule has 35 heavy (non-hydrogen) atoms. The molecule has 0 spiro atoms. The van der Waals surface area contributed by atoms with Crippen LogP contribution in [0, 0.1) is 0 Å². The van der Waals surface area contributed by atoms with Crippen LogP contribution >= 0.6 is 23.2 Å². The van der Waals surface area contributed by atoms with E-state index < -0.39 is 11.9 Å². The quantitative estimate of drug-likeness (QED) is 0.427. The average molecular weight is 515 g/mol. The number of halogens is 2. The SMILES string of the molecule is O=C(Nc1ccn(CCCO)n1)[C@H](Cc1ccccc1Cl)N1CC(Oc2ccccc2Cl)=CC1=O. The third-order valence-electron chi connectivity index (χ3n) is 5.46. The molecular formula is C25H24Cl2N4O4. The summed E-state index contributed by atoms with van der Waals surface area (Å²) in [7, 11) is 0. The van der Waals surface area contributed by atoms with Gasteiger partial charge in [-0.05, 0) is 30.2 Å². The largest absolute Gasteiger partial charge is 0.458 e. The first kappa shape index (κ1) is 24.8. The maximum absolute atomic E-state index is 13.4. The van der Waals surface area contributed by atoms with Crippen molar-refractivity contribution < 1.29 is 19.4 Å². The number of ether oxygens (including phenoxy) is 1. The van der Waals surface area contributed by atoms with Crippen LogP contribution in [0.4, 0.5) is 5.82 Å². The van der Waals surface area contributed by atoms with Gasteiger partial charge in [-0.1, -0.05) is 53.5 Å². The molecule has 2 N–H and O–H groups in total. The van der Waals surface area contributed by atoms with Crippen molar-refractivity contribution in [2.45, 2.75) is 25.4 Å². The number of para-hydroxylation sites is 1. The number of hydrogen-bond donors (Lipinski definition) is 2. The van der Waals surface area contributed by atoms with E-state index in [0.29, 0.717) is 40.3 Å². The summed E-state index contributed by atoms with van der Waals surface area (Å²) in [5, 5.41) is 17.0. The Morgan fingerprint density at radius 1 is 1.11 bits per heavy atom. The molecule has 0 unspecified atom stereocenters. The molecule has 0 bridgehead atoms. The van der Waals surface area contributed by atoms with Crippen molar-refractivity contribution in [3.8, 4) is 5.75 Å². The van der Waals surface area contributed by atoms with E-state index in [1.54, 1.807) is 53.3 Å². The zero-order valence-electron chi connectivity index (χ0n) is 18.7. The van der Waals surface area contributed by atoms with Gasteiger partial charge in [0.15, 0.2) is 5.82 Å². The first-order valence-electron chi connectivity index (χ1n) is 11.1. The standard InChI is InChI=1S/C25H24Cl2N4O4/c26-19-7-2-1-6-17(19)14-21(25(34)28-23-10-12-30(29-23)11-5-13-32)31-16-18(15-24(31)33)35-22-9-4-3-8-20(22)27/h1-4,6-10,12,15,21,32H,5,11,13-14,16H2,(H,28,29,34)/t21-/m0/s1. The highest BCUT2D eigenvalue weighted by Crippen LogP contribution is 2.28. The number of aromatic nitrogens is 2. The third kappa shape index (κ3) is 6.22. The molecule has 1 aliphatic rings. The smallest absolute Gasteiger partial charge is 0.251 e. The second-order valence-electron chi connectivity index (χ2n) is 7.95. The first-order valence-corrected chi connectivity index (χ1v) is 11.8. The van der Waals surface area contributed by atoms with Crippen LogP contribution in [-0.2, 0) is 22.6 Å². The summed E-state index contributed by atoms with van der Waals surface area (Å²) >= 11 is 12.5. The van der Waals surface area contributed by atoms with Crippen molar-refractivity contribution in [2.24, 2.45) is 0 Å². The average Bonchev–Trinajstić information content (AvgIpc) is 3.44. The van der Waals surface area contributed by atoms with Crippen LogP contribution in [0.25, 0.3) is 0 Å². The molecule has 1 aromatic heterocycles. The van der Waals surface area contributed by atoms with Crippen molar-refractivity contribution in [2.75, 3.05) is 18.5 Å². The molecule has 10 heteroatoms. The van der Waals surface area contributed by atoms with E-state index in [1.807, 2.05) is 12.1 Å². The molecule has 4 rings (SSSR count). The lowest BCUT2D eigenvalue weighted by molar-refractivity contribution is -0.133. The van der Waals surface area contributed by atoms with Gasteiger partial charge in [0.2, 0.25) is 5.91 Å². The van der Waals surface area contributed by atoms with Gasteiger partial charge in [0.25, 0.3) is 5.91 Å². The Kier molecular flexibility index (Phi) is 8.07. The zero-order valence-corrected chi connectivity index (χ0v) is 20.2. The zero-order chi connectivity index (χ0) is 24.8. The highest BCUT2D eigenvalue weighted by atomic mass is 35.5. The van der Waals surface area contributed by atoms with E-state index in [2.05, 4.69) is 10.4 Å². The lowest BCUT2D eigenvalue weighted by atomic mass is 10.0. The van der Waals surface area contributed by atoms with Crippen molar-refractivity contribution in [1.82, 2.24) is 14.7 Å². The summed E-state index contributed by atoms with van der Waals surface area (Å²) in [5.41, 5.74) is 0.732. The second kappa shape index (κ2) is 11.4. The maximum atomic E-state index is 13.4. The highest BCUT2D eigenvalue weighted by Gasteiger charge is 2.35. The lowest BCUT2D eigenvalue weighted by Gasteiger charge is -2.27. The number of anilines is 1. The Bertz CT molecular complexity index is 1240. The number of aryl methyl sites for hydroxylation is 1. The molecule has 0 saturated carbocycles. The molecule has 1 atom stereocenters. The van der Waals surface area contributed by atoms with Crippen molar-refractivity contribution in [3.63, 3.8) is 0 Å². The Labute approximate surface area is 212 Å². The number of hydrogen-bond acceptors (Lipinski definition) is 5. The van der Waals surface area contributed by atoms with Crippen LogP contribution in [0.3, 0.4) is 0 Å². The molecule has 2 heterocycles. The number of aliphatic hydroxyl groups excluding tert-OH is 1. The van der Waals surface area contributed by atoms with E-state index >= 15 is 0 Å². The Morgan fingerprint density at radius 3 is 2.60 bits per heavy atom. The van der Waals surface area contributed by atoms with E-state index in [-0.39, 0.29) is 25.5 Å². The monoisotopic (exact) mass is 514 g/mol. The third-order valence-corrected chi connectivity index (χ3v) is 6.14. The predicted octanol–water partition coefficient (Wildman–Crippen LogP) is 3.93. The van der Waals surface area contributed by atoms with Crippen LogP contribution in [0.5, 0.6) is 5.75 Å². The van der Waals surface area contributed by atoms with Crippen LogP contribution < -0.4 is 10.1 Å². The second-order valence-corrected chi connectivity index (χ2v) is 8.77. The summed E-state index contributed by atoms with van der Waals surface area (Å²) in [6.45, 7) is 0.661. The van der Waals surface area contributed by atoms with E-state index in [1.165, 1.54) is 11.0 Å². The topological polar surface area (TPSA) is 96.7 Å². The van der Waals surface area contributed by atoms with Crippen LogP contribution in [0.2, 0.25) is 10.0 Å². The van der Waals surface area contributed by atoms with Gasteiger partial charge < -0.3 is 20.1 Å². The van der Waals surface area contributed by atoms with Crippen LogP contribution in [-0.4, -0.2) is 50.8 Å². The van der Waals surface area contributed by atoms with Crippen LogP contribution in [0.15, 0.2) is 72.6 Å². The van der Waals surface area contributed by atoms with E-state index in [4.69, 9.17) is 33.0 Å². The van der Waals surface area contributed by atoms with E-state index in [9.17, 15) is 9.59 Å². The Balaban J connectivity index is 1.53. The summed E-state index contributed by atoms with van der Waals surface area (Å²) in [6, 6.07) is 15.0. The number of carbonyl (C=O) groups excluding carboxylic acids is 2. The fourth-order valence-electron chi connectivity index (χ4n) is 3.72. The predicted molar refractivity (Wildman–Crippen MR) is 133 cm³/mol. The number of benzene rings is 2. The molecule has 0 fully saturated rings. The minimum absolute atomic E-state index is 0.0458. The summed E-state index contributed by atoms with van der Waals surface area (Å²) < 4.78 is 7.47. The summed E-state index contributed by atoms with van der Waals surface area (Å²) in [5.74, 6) is 0.402. The molecule has 0 radical (unpaired) electrons. The fraction of sp³-hybridized carbons (Fsp3) is 0.240. The molecule has 182 valence electrons. The lowest BCUT2D eigenvalue weighted by Crippen LogP contribution is -2.47. The molecule has 1 aliphatic heterocycles. The van der Waals surface area contributed by atoms with Crippen molar-refractivity contribution in [1.29, 1.82) is 0 Å². The maximum Gasteiger partial charge on any atom is 0.251 e. The van der Waals surface area contributed by atoms with Gasteiger partial charge in [0, 0.05) is 42.9 Å². The fourth-order valence-corrected chi connectivity index (χ4v) is 4.11. The summed E-state index contributed by atoms with van der Waals surface area (Å²) in [6.07, 6.45) is 3.83. The highest BCUT2D eigenvalue weighted by molar-refractivity contribution is 6.32. The Morgan fingerprint density at radius 2 is 1.86 bits per heavy atom. The van der Waals surface area contributed by atoms with Gasteiger partial charge in [0.1, 0.15) is 17.6 Å². The molecule has 2 amide bonds. The van der Waals surface area contributed by atoms with Gasteiger partial charge in [-0.25, -0.2) is 0 Å². The summed E-state index contributed by atoms with van der Waals surface area (Å²) in [4.78, 5) is 27.8. The normalized spacial score (nSPS) is 14.1. The van der Waals surface area contributed by atoms with Crippen molar-refractivity contribution >= 4 is 40.8 Å². The van der Waals surface area contributed by atoms with Crippen LogP contribution in [0.1, 0.15) is 12.0 Å². The number of amides is 2. The molecule has 3 aromatic rings. The molecule has 0 saturated heterocycles. The minimum Gasteiger partial charge on any atom is -0.458 e. The minimum atomic E-state index is -0.867. The van der Waals surface area contributed by atoms with Crippen molar-refractivity contribution in [3.05, 3.63) is 88.2 Å². The number of nitrogens with one attached hydrogen (secondary N) is 1. The van der Waals surface area contributed by atoms with Gasteiger partial charge in [-0.3, -0.25) is 14.3 Å². The Hall–Kier alpha value is -3.33.